The number of carbonyl (C=O) groups is 2. The van der Waals surface area contributed by atoms with Gasteiger partial charge in [-0.2, -0.15) is 0 Å². The Morgan fingerprint density at radius 3 is 2.00 bits per heavy atom. The fourth-order valence-corrected chi connectivity index (χ4v) is 2.14. The number of hydrogen-bond acceptors (Lipinski definition) is 3. The summed E-state index contributed by atoms with van der Waals surface area (Å²) in [6.07, 6.45) is 1.49. The lowest BCUT2D eigenvalue weighted by atomic mass is 9.96. The number of esters is 1. The van der Waals surface area contributed by atoms with Crippen molar-refractivity contribution in [2.75, 3.05) is 6.61 Å². The summed E-state index contributed by atoms with van der Waals surface area (Å²) in [6.45, 7) is 3.64. The minimum Gasteiger partial charge on any atom is -0.463 e. The largest absolute Gasteiger partial charge is 0.463 e. The molecule has 0 N–H and O–H groups in total. The Kier molecular flexibility index (Phi) is 5.26. The maximum atomic E-state index is 11.8. The average molecular weight is 294 g/mol. The molecule has 2 aromatic carbocycles. The Bertz CT molecular complexity index is 682. The van der Waals surface area contributed by atoms with E-state index in [1.807, 2.05) is 42.5 Å². The molecule has 0 heterocycles. The molecule has 0 unspecified atom stereocenters. The van der Waals surface area contributed by atoms with Crippen LogP contribution < -0.4 is 0 Å². The third-order valence-corrected chi connectivity index (χ3v) is 3.24. The van der Waals surface area contributed by atoms with Gasteiger partial charge in [-0.25, -0.2) is 4.79 Å². The van der Waals surface area contributed by atoms with Crippen LogP contribution in [0.1, 0.15) is 35.3 Å². The summed E-state index contributed by atoms with van der Waals surface area (Å²) in [7, 11) is 0. The molecule has 0 spiro atoms. The zero-order valence-electron chi connectivity index (χ0n) is 12.7. The lowest BCUT2D eigenvalue weighted by Crippen LogP contribution is -2.02. The van der Waals surface area contributed by atoms with Gasteiger partial charge in [0, 0.05) is 11.6 Å². The quantitative estimate of drug-likeness (QED) is 0.477. The van der Waals surface area contributed by atoms with E-state index in [1.165, 1.54) is 13.0 Å². The molecule has 0 saturated carbocycles. The minimum atomic E-state index is -0.378. The van der Waals surface area contributed by atoms with Gasteiger partial charge in [0.05, 0.1) is 6.61 Å². The van der Waals surface area contributed by atoms with E-state index >= 15 is 0 Å². The average Bonchev–Trinajstić information content (AvgIpc) is 2.54. The highest BCUT2D eigenvalue weighted by Gasteiger charge is 2.09. The first-order valence-corrected chi connectivity index (χ1v) is 7.17. The maximum absolute atomic E-state index is 11.8. The molecule has 0 fully saturated rings. The predicted octanol–water partition coefficient (Wildman–Crippen LogP) is 3.88. The number of Topliss-reactive ketones (excluding diaryl/α,β-unsaturated/α-hetero) is 1. The fourth-order valence-electron chi connectivity index (χ4n) is 2.14. The van der Waals surface area contributed by atoms with Crippen LogP contribution in [0.15, 0.2) is 60.7 Å². The minimum absolute atomic E-state index is 0.0159. The highest BCUT2D eigenvalue weighted by atomic mass is 16.5. The summed E-state index contributed by atoms with van der Waals surface area (Å²) in [5.74, 6) is -0.362. The third-order valence-electron chi connectivity index (χ3n) is 3.24. The molecule has 0 amide bonds. The zero-order chi connectivity index (χ0) is 15.9. The van der Waals surface area contributed by atoms with Crippen molar-refractivity contribution in [3.05, 3.63) is 77.4 Å². The second-order valence-corrected chi connectivity index (χ2v) is 4.81. The normalized spacial score (nSPS) is 11.1. The van der Waals surface area contributed by atoms with E-state index in [0.717, 1.165) is 16.7 Å². The van der Waals surface area contributed by atoms with Gasteiger partial charge in [0.2, 0.25) is 0 Å². The Balaban J connectivity index is 2.44. The van der Waals surface area contributed by atoms with Crippen LogP contribution in [0.3, 0.4) is 0 Å². The highest BCUT2D eigenvalue weighted by molar-refractivity contribution is 5.97. The first-order valence-electron chi connectivity index (χ1n) is 7.17. The number of ketones is 1. The van der Waals surface area contributed by atoms with Gasteiger partial charge in [0.25, 0.3) is 0 Å². The van der Waals surface area contributed by atoms with Crippen LogP contribution in [0.5, 0.6) is 0 Å². The van der Waals surface area contributed by atoms with Crippen molar-refractivity contribution >= 4 is 17.3 Å². The van der Waals surface area contributed by atoms with E-state index in [4.69, 9.17) is 4.74 Å². The van der Waals surface area contributed by atoms with Crippen LogP contribution >= 0.6 is 0 Å². The molecule has 0 aliphatic heterocycles. The van der Waals surface area contributed by atoms with Crippen molar-refractivity contribution in [2.24, 2.45) is 0 Å². The van der Waals surface area contributed by atoms with E-state index in [0.29, 0.717) is 12.2 Å². The summed E-state index contributed by atoms with van der Waals surface area (Å²) in [5, 5.41) is 0. The molecule has 112 valence electrons. The van der Waals surface area contributed by atoms with Gasteiger partial charge < -0.3 is 4.74 Å². The van der Waals surface area contributed by atoms with E-state index in [-0.39, 0.29) is 11.8 Å². The van der Waals surface area contributed by atoms with Gasteiger partial charge in [0.15, 0.2) is 5.78 Å². The summed E-state index contributed by atoms with van der Waals surface area (Å²) in [6, 6.07) is 16.8. The molecule has 0 aliphatic rings. The number of ether oxygens (including phenoxy) is 1. The van der Waals surface area contributed by atoms with Crippen molar-refractivity contribution in [3.63, 3.8) is 0 Å². The molecule has 3 heteroatoms. The fraction of sp³-hybridized carbons (Fsp3) is 0.158. The van der Waals surface area contributed by atoms with Gasteiger partial charge in [-0.05, 0) is 30.5 Å². The Hall–Kier alpha value is -2.68. The van der Waals surface area contributed by atoms with Gasteiger partial charge in [-0.3, -0.25) is 4.79 Å². The molecule has 22 heavy (non-hydrogen) atoms. The van der Waals surface area contributed by atoms with Crippen molar-refractivity contribution in [3.8, 4) is 0 Å². The van der Waals surface area contributed by atoms with Crippen LogP contribution in [0.25, 0.3) is 5.57 Å². The molecule has 0 saturated heterocycles. The number of carbonyl (C=O) groups excluding carboxylic acids is 2. The molecule has 0 atom stereocenters. The molecular weight excluding hydrogens is 276 g/mol. The van der Waals surface area contributed by atoms with E-state index < -0.39 is 0 Å². The zero-order valence-corrected chi connectivity index (χ0v) is 12.7. The van der Waals surface area contributed by atoms with E-state index in [2.05, 4.69) is 0 Å². The summed E-state index contributed by atoms with van der Waals surface area (Å²) < 4.78 is 5.01. The monoisotopic (exact) mass is 294 g/mol. The maximum Gasteiger partial charge on any atom is 0.331 e. The molecule has 0 aliphatic carbocycles. The number of benzene rings is 2. The standard InChI is InChI=1S/C19H18O3/c1-3-22-19(21)13-18(16-7-5-4-6-8-16)17-11-9-15(10-12-17)14(2)20/h4-13H,3H2,1-2H3/b18-13+. The van der Waals surface area contributed by atoms with Crippen molar-refractivity contribution in [1.82, 2.24) is 0 Å². The first kappa shape index (κ1) is 15.7. The van der Waals surface area contributed by atoms with Crippen molar-refractivity contribution in [2.45, 2.75) is 13.8 Å². The number of hydrogen-bond donors (Lipinski definition) is 0. The molecule has 2 aromatic rings. The molecule has 3 nitrogen and oxygen atoms in total. The molecular formula is C19H18O3. The van der Waals surface area contributed by atoms with Crippen LogP contribution in [-0.2, 0) is 9.53 Å². The van der Waals surface area contributed by atoms with Gasteiger partial charge in [-0.15, -0.1) is 0 Å². The molecule has 2 rings (SSSR count). The molecule has 0 aromatic heterocycles. The topological polar surface area (TPSA) is 43.4 Å². The van der Waals surface area contributed by atoms with Crippen LogP contribution in [-0.4, -0.2) is 18.4 Å². The van der Waals surface area contributed by atoms with Crippen LogP contribution in [0, 0.1) is 0 Å². The Morgan fingerprint density at radius 1 is 0.909 bits per heavy atom. The molecule has 0 radical (unpaired) electrons. The molecule has 0 bridgehead atoms. The first-order chi connectivity index (χ1) is 10.6. The van der Waals surface area contributed by atoms with E-state index in [9.17, 15) is 9.59 Å². The highest BCUT2D eigenvalue weighted by Crippen LogP contribution is 2.24. The number of rotatable bonds is 5. The lowest BCUT2D eigenvalue weighted by Gasteiger charge is -2.09. The van der Waals surface area contributed by atoms with Crippen molar-refractivity contribution < 1.29 is 14.3 Å². The smallest absolute Gasteiger partial charge is 0.331 e. The van der Waals surface area contributed by atoms with E-state index in [1.54, 1.807) is 19.1 Å². The second kappa shape index (κ2) is 7.36. The Labute approximate surface area is 130 Å². The predicted molar refractivity (Wildman–Crippen MR) is 86.6 cm³/mol. The third kappa shape index (κ3) is 3.92. The summed E-state index contributed by atoms with van der Waals surface area (Å²) in [5.41, 5.74) is 3.21. The van der Waals surface area contributed by atoms with Crippen molar-refractivity contribution in [1.29, 1.82) is 0 Å². The second-order valence-electron chi connectivity index (χ2n) is 4.81. The SMILES string of the molecule is CCOC(=O)/C=C(\c1ccccc1)c1ccc(C(C)=O)cc1. The lowest BCUT2D eigenvalue weighted by molar-refractivity contribution is -0.137. The van der Waals surface area contributed by atoms with Crippen LogP contribution in [0.4, 0.5) is 0 Å². The summed E-state index contributed by atoms with van der Waals surface area (Å²) >= 11 is 0. The van der Waals surface area contributed by atoms with Gasteiger partial charge in [-0.1, -0.05) is 54.6 Å². The van der Waals surface area contributed by atoms with Crippen LogP contribution in [0.2, 0.25) is 0 Å². The Morgan fingerprint density at radius 2 is 1.45 bits per heavy atom. The summed E-state index contributed by atoms with van der Waals surface area (Å²) in [4.78, 5) is 23.2. The van der Waals surface area contributed by atoms with Gasteiger partial charge >= 0.3 is 5.97 Å². The van der Waals surface area contributed by atoms with Gasteiger partial charge in [0.1, 0.15) is 0 Å².